The second-order valence-electron chi connectivity index (χ2n) is 3.93. The van der Waals surface area contributed by atoms with Crippen LogP contribution in [0.1, 0.15) is 11.3 Å². The molecule has 1 heterocycles. The van der Waals surface area contributed by atoms with E-state index in [1.165, 1.54) is 12.1 Å². The number of furan rings is 1. The summed E-state index contributed by atoms with van der Waals surface area (Å²) in [5, 5.41) is 16.9. The molecule has 102 valence electrons. The predicted octanol–water partition coefficient (Wildman–Crippen LogP) is 1.03. The lowest BCUT2D eigenvalue weighted by Gasteiger charge is -2.08. The van der Waals surface area contributed by atoms with E-state index < -0.39 is 10.0 Å². The first-order chi connectivity index (χ1) is 9.00. The summed E-state index contributed by atoms with van der Waals surface area (Å²) in [6.07, 6.45) is 0. The first kappa shape index (κ1) is 13.6. The number of anilines is 1. The lowest BCUT2D eigenvalue weighted by molar-refractivity contribution is 0.282. The van der Waals surface area contributed by atoms with E-state index in [-0.39, 0.29) is 11.7 Å². The third-order valence-corrected chi connectivity index (χ3v) is 3.34. The summed E-state index contributed by atoms with van der Waals surface area (Å²) < 4.78 is 27.2. The molecule has 0 atom stereocenters. The molecule has 4 N–H and O–H groups in total. The second kappa shape index (κ2) is 5.43. The van der Waals surface area contributed by atoms with Gasteiger partial charge in [0.05, 0.1) is 13.2 Å². The number of rotatable bonds is 5. The molecule has 2 rings (SSSR count). The second-order valence-corrected chi connectivity index (χ2v) is 5.43. The molecule has 0 spiro atoms. The molecule has 0 bridgehead atoms. The Balaban J connectivity index is 2.09. The molecule has 0 aliphatic rings. The summed E-state index contributed by atoms with van der Waals surface area (Å²) in [7, 11) is -3.81. The number of aliphatic hydroxyl groups excluding tert-OH is 1. The molecule has 0 saturated carbocycles. The van der Waals surface area contributed by atoms with Crippen LogP contribution in [0.5, 0.6) is 0 Å². The number of para-hydroxylation sites is 1. The van der Waals surface area contributed by atoms with Gasteiger partial charge in [-0.25, -0.2) is 13.6 Å². The molecule has 1 aromatic carbocycles. The quantitative estimate of drug-likeness (QED) is 0.759. The Bertz CT molecular complexity index is 664. The Morgan fingerprint density at radius 2 is 1.95 bits per heavy atom. The molecule has 7 heteroatoms. The number of nitrogens with one attached hydrogen (secondary N) is 1. The van der Waals surface area contributed by atoms with Gasteiger partial charge in [0, 0.05) is 11.3 Å². The third kappa shape index (κ3) is 3.34. The summed E-state index contributed by atoms with van der Waals surface area (Å²) in [5.41, 5.74) is 1.51. The molecule has 0 fully saturated rings. The molecule has 19 heavy (non-hydrogen) atoms. The zero-order valence-corrected chi connectivity index (χ0v) is 10.9. The van der Waals surface area contributed by atoms with Gasteiger partial charge in [0.1, 0.15) is 5.76 Å². The van der Waals surface area contributed by atoms with Crippen LogP contribution in [0.4, 0.5) is 5.69 Å². The average Bonchev–Trinajstić information content (AvgIpc) is 2.85. The van der Waals surface area contributed by atoms with Crippen LogP contribution in [0.3, 0.4) is 0 Å². The molecule has 2 aromatic rings. The van der Waals surface area contributed by atoms with Crippen molar-refractivity contribution in [2.45, 2.75) is 18.2 Å². The molecule has 1 aromatic heterocycles. The van der Waals surface area contributed by atoms with Crippen molar-refractivity contribution < 1.29 is 17.9 Å². The maximum Gasteiger partial charge on any atom is 0.271 e. The maximum atomic E-state index is 11.1. The van der Waals surface area contributed by atoms with Crippen LogP contribution in [0.2, 0.25) is 0 Å². The highest BCUT2D eigenvalue weighted by Crippen LogP contribution is 2.17. The van der Waals surface area contributed by atoms with E-state index in [1.807, 2.05) is 18.2 Å². The minimum atomic E-state index is -3.81. The fraction of sp³-hybridized carbons (Fsp3) is 0.167. The number of sulfonamides is 1. The van der Waals surface area contributed by atoms with Gasteiger partial charge in [-0.1, -0.05) is 18.2 Å². The van der Waals surface area contributed by atoms with Crippen LogP contribution < -0.4 is 10.5 Å². The van der Waals surface area contributed by atoms with E-state index in [9.17, 15) is 8.42 Å². The molecule has 0 unspecified atom stereocenters. The summed E-state index contributed by atoms with van der Waals surface area (Å²) in [6, 6.07) is 10.1. The van der Waals surface area contributed by atoms with Crippen molar-refractivity contribution >= 4 is 15.7 Å². The number of hydrogen-bond donors (Lipinski definition) is 3. The molecule has 0 aliphatic heterocycles. The van der Waals surface area contributed by atoms with Gasteiger partial charge >= 0.3 is 0 Å². The van der Waals surface area contributed by atoms with Crippen molar-refractivity contribution in [3.8, 4) is 0 Å². The number of nitrogens with two attached hydrogens (primary N) is 1. The Labute approximate surface area is 110 Å². The summed E-state index contributed by atoms with van der Waals surface area (Å²) in [4.78, 5) is 0. The minimum absolute atomic E-state index is 0.0796. The fourth-order valence-electron chi connectivity index (χ4n) is 1.62. The van der Waals surface area contributed by atoms with Gasteiger partial charge in [0.15, 0.2) is 0 Å². The van der Waals surface area contributed by atoms with Crippen LogP contribution in [0.15, 0.2) is 45.9 Å². The molecule has 0 saturated heterocycles. The van der Waals surface area contributed by atoms with E-state index in [2.05, 4.69) is 5.32 Å². The van der Waals surface area contributed by atoms with Crippen LogP contribution >= 0.6 is 0 Å². The van der Waals surface area contributed by atoms with Crippen LogP contribution in [0.25, 0.3) is 0 Å². The predicted molar refractivity (Wildman–Crippen MR) is 69.8 cm³/mol. The molecule has 0 radical (unpaired) electrons. The van der Waals surface area contributed by atoms with Gasteiger partial charge in [-0.15, -0.1) is 0 Å². The summed E-state index contributed by atoms with van der Waals surface area (Å²) >= 11 is 0. The molecular weight excluding hydrogens is 268 g/mol. The number of benzene rings is 1. The first-order valence-electron chi connectivity index (χ1n) is 5.55. The average molecular weight is 282 g/mol. The van der Waals surface area contributed by atoms with Gasteiger partial charge < -0.3 is 14.8 Å². The van der Waals surface area contributed by atoms with Crippen molar-refractivity contribution in [1.29, 1.82) is 0 Å². The van der Waals surface area contributed by atoms with Crippen molar-refractivity contribution in [2.75, 3.05) is 5.32 Å². The Hall–Kier alpha value is -1.83. The number of primary sulfonamides is 1. The van der Waals surface area contributed by atoms with E-state index in [1.54, 1.807) is 6.07 Å². The van der Waals surface area contributed by atoms with Crippen LogP contribution in [-0.2, 0) is 23.2 Å². The Kier molecular flexibility index (Phi) is 3.89. The standard InChI is InChI=1S/C12H14N2O4S/c13-19(16,17)12-6-5-10(18-12)7-14-11-4-2-1-3-9(11)8-15/h1-6,14-15H,7-8H2,(H2,13,16,17). The van der Waals surface area contributed by atoms with E-state index in [0.717, 1.165) is 11.3 Å². The number of aliphatic hydroxyl groups is 1. The number of hydrogen-bond acceptors (Lipinski definition) is 5. The molecule has 0 amide bonds. The SMILES string of the molecule is NS(=O)(=O)c1ccc(CNc2ccccc2CO)o1. The first-order valence-corrected chi connectivity index (χ1v) is 7.09. The zero-order valence-electron chi connectivity index (χ0n) is 10.0. The van der Waals surface area contributed by atoms with Gasteiger partial charge in [-0.3, -0.25) is 0 Å². The normalized spacial score (nSPS) is 11.5. The van der Waals surface area contributed by atoms with E-state index in [4.69, 9.17) is 14.7 Å². The monoisotopic (exact) mass is 282 g/mol. The summed E-state index contributed by atoms with van der Waals surface area (Å²) in [5.74, 6) is 0.441. The van der Waals surface area contributed by atoms with Crippen molar-refractivity contribution in [1.82, 2.24) is 0 Å². The van der Waals surface area contributed by atoms with Gasteiger partial charge in [0.2, 0.25) is 5.09 Å². The molecule has 0 aliphatic carbocycles. The highest BCUT2D eigenvalue weighted by molar-refractivity contribution is 7.89. The van der Waals surface area contributed by atoms with Crippen LogP contribution in [-0.4, -0.2) is 13.5 Å². The lowest BCUT2D eigenvalue weighted by Crippen LogP contribution is -2.10. The minimum Gasteiger partial charge on any atom is -0.446 e. The van der Waals surface area contributed by atoms with Crippen molar-refractivity contribution in [3.05, 3.63) is 47.7 Å². The highest BCUT2D eigenvalue weighted by atomic mass is 32.2. The smallest absolute Gasteiger partial charge is 0.271 e. The van der Waals surface area contributed by atoms with Gasteiger partial charge in [-0.05, 0) is 18.2 Å². The molecular formula is C12H14N2O4S. The summed E-state index contributed by atoms with van der Waals surface area (Å²) in [6.45, 7) is 0.219. The zero-order chi connectivity index (χ0) is 13.9. The Morgan fingerprint density at radius 1 is 1.21 bits per heavy atom. The topological polar surface area (TPSA) is 106 Å². The Morgan fingerprint density at radius 3 is 2.58 bits per heavy atom. The van der Waals surface area contributed by atoms with Crippen molar-refractivity contribution in [2.24, 2.45) is 5.14 Å². The van der Waals surface area contributed by atoms with Crippen molar-refractivity contribution in [3.63, 3.8) is 0 Å². The highest BCUT2D eigenvalue weighted by Gasteiger charge is 2.13. The van der Waals surface area contributed by atoms with Gasteiger partial charge in [-0.2, -0.15) is 0 Å². The largest absolute Gasteiger partial charge is 0.446 e. The van der Waals surface area contributed by atoms with E-state index >= 15 is 0 Å². The van der Waals surface area contributed by atoms with E-state index in [0.29, 0.717) is 12.3 Å². The maximum absolute atomic E-state index is 11.1. The molecule has 6 nitrogen and oxygen atoms in total. The lowest BCUT2D eigenvalue weighted by atomic mass is 10.2. The van der Waals surface area contributed by atoms with Crippen LogP contribution in [0, 0.1) is 0 Å². The fourth-order valence-corrected chi connectivity index (χ4v) is 2.10. The third-order valence-electron chi connectivity index (χ3n) is 2.56. The van der Waals surface area contributed by atoms with Gasteiger partial charge in [0.25, 0.3) is 10.0 Å².